The van der Waals surface area contributed by atoms with Gasteiger partial charge in [-0.15, -0.1) is 0 Å². The predicted octanol–water partition coefficient (Wildman–Crippen LogP) is 1.92. The summed E-state index contributed by atoms with van der Waals surface area (Å²) in [6, 6.07) is 14.7. The Hall–Kier alpha value is -3.97. The van der Waals surface area contributed by atoms with Gasteiger partial charge in [-0.25, -0.2) is 4.68 Å². The van der Waals surface area contributed by atoms with Gasteiger partial charge in [0.05, 0.1) is 23.1 Å². The van der Waals surface area contributed by atoms with E-state index < -0.39 is 5.78 Å². The Bertz CT molecular complexity index is 1070. The first kappa shape index (κ1) is 14.9. The van der Waals surface area contributed by atoms with Crippen molar-refractivity contribution in [2.24, 2.45) is 0 Å². The minimum Gasteiger partial charge on any atom is -0.461 e. The van der Waals surface area contributed by atoms with E-state index in [1.165, 1.54) is 18.4 Å². The molecule has 0 amide bonds. The zero-order valence-corrected chi connectivity index (χ0v) is 12.2. The summed E-state index contributed by atoms with van der Waals surface area (Å²) in [6.45, 7) is 0. The van der Waals surface area contributed by atoms with Gasteiger partial charge in [0.25, 0.3) is 0 Å². The Morgan fingerprint density at radius 2 is 1.88 bits per heavy atom. The highest BCUT2D eigenvalue weighted by atomic mass is 16.3. The van der Waals surface area contributed by atoms with Crippen molar-refractivity contribution in [3.8, 4) is 17.8 Å². The number of hydrogen-bond donors (Lipinski definition) is 1. The first-order chi connectivity index (χ1) is 11.7. The van der Waals surface area contributed by atoms with Gasteiger partial charge in [-0.1, -0.05) is 12.1 Å². The van der Waals surface area contributed by atoms with Crippen molar-refractivity contribution in [1.29, 1.82) is 15.9 Å². The molecule has 0 fully saturated rings. The number of ketones is 1. The maximum atomic E-state index is 12.4. The smallest absolute Gasteiger partial charge is 0.248 e. The molecule has 0 spiro atoms. The van der Waals surface area contributed by atoms with Crippen molar-refractivity contribution in [3.63, 3.8) is 0 Å². The highest BCUT2D eigenvalue weighted by Crippen LogP contribution is 2.13. The van der Waals surface area contributed by atoms with Gasteiger partial charge in [0.15, 0.2) is 11.2 Å². The van der Waals surface area contributed by atoms with Gasteiger partial charge < -0.3 is 4.42 Å². The van der Waals surface area contributed by atoms with Crippen LogP contribution in [0, 0.1) is 28.1 Å². The third kappa shape index (κ3) is 2.47. The van der Waals surface area contributed by atoms with Crippen LogP contribution in [0.4, 0.5) is 0 Å². The van der Waals surface area contributed by atoms with Crippen LogP contribution in [0.2, 0.25) is 0 Å². The number of carbonyl (C=O) groups excluding carboxylic acids is 1. The first-order valence-electron chi connectivity index (χ1n) is 6.82. The number of furan rings is 1. The molecular weight excluding hydrogens is 306 g/mol. The fourth-order valence-electron chi connectivity index (χ4n) is 2.16. The zero-order valence-electron chi connectivity index (χ0n) is 12.2. The third-order valence-corrected chi connectivity index (χ3v) is 3.31. The van der Waals surface area contributed by atoms with Gasteiger partial charge in [0, 0.05) is 0 Å². The predicted molar refractivity (Wildman–Crippen MR) is 81.0 cm³/mol. The molecule has 0 bridgehead atoms. The summed E-state index contributed by atoms with van der Waals surface area (Å²) in [4.78, 5) is 12.4. The van der Waals surface area contributed by atoms with Gasteiger partial charge in [-0.05, 0) is 30.3 Å². The number of benzene rings is 1. The van der Waals surface area contributed by atoms with Gasteiger partial charge in [0.2, 0.25) is 5.78 Å². The average Bonchev–Trinajstić information content (AvgIpc) is 3.16. The lowest BCUT2D eigenvalue weighted by Gasteiger charge is -2.10. The van der Waals surface area contributed by atoms with Crippen LogP contribution in [0.25, 0.3) is 5.69 Å². The second kappa shape index (κ2) is 6.03. The number of para-hydroxylation sites is 1. The molecule has 0 radical (unpaired) electrons. The molecular formula is C17H9N5O2. The summed E-state index contributed by atoms with van der Waals surface area (Å²) in [5.74, 6) is -0.441. The Morgan fingerprint density at radius 3 is 2.54 bits per heavy atom. The number of rotatable bonds is 3. The van der Waals surface area contributed by atoms with E-state index in [1.54, 1.807) is 30.3 Å². The summed E-state index contributed by atoms with van der Waals surface area (Å²) in [7, 11) is 0. The van der Waals surface area contributed by atoms with Crippen LogP contribution in [0.3, 0.4) is 0 Å². The minimum atomic E-state index is -0.514. The molecule has 3 aromatic rings. The van der Waals surface area contributed by atoms with Gasteiger partial charge >= 0.3 is 0 Å². The van der Waals surface area contributed by atoms with Crippen LogP contribution in [-0.2, 0) is 0 Å². The highest BCUT2D eigenvalue weighted by molar-refractivity contribution is 6.05. The lowest BCUT2D eigenvalue weighted by molar-refractivity contribution is 0.100. The number of nitrogens with one attached hydrogen (secondary N) is 1. The van der Waals surface area contributed by atoms with E-state index in [4.69, 9.17) is 9.83 Å². The second-order valence-corrected chi connectivity index (χ2v) is 4.75. The van der Waals surface area contributed by atoms with E-state index in [0.717, 1.165) is 4.68 Å². The largest absolute Gasteiger partial charge is 0.461 e. The molecule has 0 unspecified atom stereocenters. The standard InChI is InChI=1S/C17H9N5O2/c18-9-11-4-1-2-5-14(11)22-17(20)12(10-19)8-13(21-22)16(23)15-6-3-7-24-15/h1-8,20H. The van der Waals surface area contributed by atoms with E-state index in [9.17, 15) is 15.3 Å². The molecule has 1 N–H and O–H groups in total. The quantitative estimate of drug-likeness (QED) is 0.740. The second-order valence-electron chi connectivity index (χ2n) is 4.75. The monoisotopic (exact) mass is 315 g/mol. The highest BCUT2D eigenvalue weighted by Gasteiger charge is 2.18. The average molecular weight is 315 g/mol. The molecule has 0 saturated heterocycles. The third-order valence-electron chi connectivity index (χ3n) is 3.31. The number of nitriles is 2. The molecule has 7 nitrogen and oxygen atoms in total. The van der Waals surface area contributed by atoms with Crippen molar-refractivity contribution < 1.29 is 9.21 Å². The van der Waals surface area contributed by atoms with Gasteiger partial charge in [-0.2, -0.15) is 15.6 Å². The summed E-state index contributed by atoms with van der Waals surface area (Å²) < 4.78 is 6.17. The number of hydrogen-bond acceptors (Lipinski definition) is 6. The number of carbonyl (C=O) groups is 1. The molecule has 2 aromatic heterocycles. The molecule has 24 heavy (non-hydrogen) atoms. The van der Waals surface area contributed by atoms with Crippen LogP contribution in [0.1, 0.15) is 27.4 Å². The molecule has 0 saturated carbocycles. The van der Waals surface area contributed by atoms with Crippen LogP contribution in [0.15, 0.2) is 53.1 Å². The molecule has 0 aliphatic heterocycles. The summed E-state index contributed by atoms with van der Waals surface area (Å²) in [6.07, 6.45) is 1.36. The molecule has 7 heteroatoms. The summed E-state index contributed by atoms with van der Waals surface area (Å²) in [5, 5.41) is 30.7. The molecule has 0 atom stereocenters. The van der Waals surface area contributed by atoms with E-state index >= 15 is 0 Å². The van der Waals surface area contributed by atoms with Gasteiger partial charge in [0.1, 0.15) is 17.8 Å². The number of aromatic nitrogens is 2. The Balaban J connectivity index is 2.26. The molecule has 1 aromatic carbocycles. The zero-order chi connectivity index (χ0) is 17.1. The molecule has 0 aliphatic carbocycles. The normalized spacial score (nSPS) is 9.92. The topological polar surface area (TPSA) is 119 Å². The Kier molecular flexibility index (Phi) is 3.76. The van der Waals surface area contributed by atoms with Crippen molar-refractivity contribution in [1.82, 2.24) is 9.78 Å². The van der Waals surface area contributed by atoms with Crippen molar-refractivity contribution in [2.45, 2.75) is 0 Å². The fourth-order valence-corrected chi connectivity index (χ4v) is 2.16. The molecule has 114 valence electrons. The summed E-state index contributed by atoms with van der Waals surface area (Å²) in [5.41, 5.74) is 0.291. The lowest BCUT2D eigenvalue weighted by Crippen LogP contribution is -2.27. The van der Waals surface area contributed by atoms with Crippen LogP contribution in [-0.4, -0.2) is 15.6 Å². The Labute approximate surface area is 136 Å². The fraction of sp³-hybridized carbons (Fsp3) is 0. The molecule has 2 heterocycles. The van der Waals surface area contributed by atoms with Crippen LogP contribution < -0.4 is 5.49 Å². The minimum absolute atomic E-state index is 0.0346. The van der Waals surface area contributed by atoms with Gasteiger partial charge in [-0.3, -0.25) is 10.2 Å². The van der Waals surface area contributed by atoms with Crippen LogP contribution in [0.5, 0.6) is 0 Å². The van der Waals surface area contributed by atoms with Crippen molar-refractivity contribution >= 4 is 5.78 Å². The molecule has 0 aliphatic rings. The lowest BCUT2D eigenvalue weighted by atomic mass is 10.1. The van der Waals surface area contributed by atoms with E-state index in [1.807, 2.05) is 12.1 Å². The number of nitrogens with zero attached hydrogens (tertiary/aromatic N) is 4. The van der Waals surface area contributed by atoms with E-state index in [0.29, 0.717) is 5.69 Å². The van der Waals surface area contributed by atoms with E-state index in [2.05, 4.69) is 5.10 Å². The van der Waals surface area contributed by atoms with Crippen LogP contribution >= 0.6 is 0 Å². The summed E-state index contributed by atoms with van der Waals surface area (Å²) >= 11 is 0. The van der Waals surface area contributed by atoms with Crippen molar-refractivity contribution in [3.05, 3.63) is 76.8 Å². The SMILES string of the molecule is N#Cc1ccccc1-n1nc(C(=O)c2ccco2)cc(C#N)c1=N. The first-order valence-corrected chi connectivity index (χ1v) is 6.82. The maximum Gasteiger partial charge on any atom is 0.248 e. The molecule has 3 rings (SSSR count). The van der Waals surface area contributed by atoms with E-state index in [-0.39, 0.29) is 28.1 Å². The Morgan fingerprint density at radius 1 is 1.12 bits per heavy atom. The van der Waals surface area contributed by atoms with Crippen molar-refractivity contribution in [2.75, 3.05) is 0 Å². The maximum absolute atomic E-state index is 12.4.